The molecule has 1 aliphatic carbocycles. The molecule has 0 aliphatic heterocycles. The highest BCUT2D eigenvalue weighted by Gasteiger charge is 2.23. The van der Waals surface area contributed by atoms with Crippen LogP contribution in [0.4, 0.5) is 10.1 Å². The first-order valence-corrected chi connectivity index (χ1v) is 11.4. The lowest BCUT2D eigenvalue weighted by Crippen LogP contribution is -2.24. The van der Waals surface area contributed by atoms with Gasteiger partial charge in [0, 0.05) is 17.7 Å². The van der Waals surface area contributed by atoms with E-state index in [1.54, 1.807) is 18.5 Å². The average molecular weight is 455 g/mol. The normalized spacial score (nSPS) is 14.6. The zero-order chi connectivity index (χ0) is 23.1. The Morgan fingerprint density at radius 1 is 1.03 bits per heavy atom. The largest absolute Gasteiger partial charge is 0.337 e. The van der Waals surface area contributed by atoms with Crippen LogP contribution >= 0.6 is 0 Å². The molecule has 3 N–H and O–H groups in total. The second kappa shape index (κ2) is 8.33. The zero-order valence-electron chi connectivity index (χ0n) is 18.3. The van der Waals surface area contributed by atoms with Gasteiger partial charge in [-0.3, -0.25) is 19.9 Å². The number of benzene rings is 1. The Kier molecular flexibility index (Phi) is 5.01. The minimum absolute atomic E-state index is 0.00969. The van der Waals surface area contributed by atoms with Gasteiger partial charge < -0.3 is 10.3 Å². The number of para-hydroxylation sites is 2. The molecule has 1 saturated carbocycles. The number of H-pyrrole nitrogens is 2. The van der Waals surface area contributed by atoms with E-state index in [4.69, 9.17) is 0 Å². The van der Waals surface area contributed by atoms with Gasteiger partial charge in [0.25, 0.3) is 0 Å². The van der Waals surface area contributed by atoms with E-state index < -0.39 is 5.82 Å². The first-order chi connectivity index (χ1) is 16.7. The molecular weight excluding hydrogens is 433 g/mol. The van der Waals surface area contributed by atoms with Gasteiger partial charge in [-0.15, -0.1) is 0 Å². The first-order valence-electron chi connectivity index (χ1n) is 11.4. The number of pyridine rings is 2. The van der Waals surface area contributed by atoms with Crippen molar-refractivity contribution in [3.63, 3.8) is 0 Å². The van der Waals surface area contributed by atoms with E-state index in [0.29, 0.717) is 33.7 Å². The van der Waals surface area contributed by atoms with Crippen molar-refractivity contribution < 1.29 is 9.18 Å². The Morgan fingerprint density at radius 3 is 2.74 bits per heavy atom. The van der Waals surface area contributed by atoms with Crippen molar-refractivity contribution in [2.45, 2.75) is 32.1 Å². The van der Waals surface area contributed by atoms with Crippen LogP contribution in [-0.2, 0) is 4.79 Å². The van der Waals surface area contributed by atoms with E-state index in [-0.39, 0.29) is 17.5 Å². The third-order valence-corrected chi connectivity index (χ3v) is 6.41. The maximum Gasteiger partial charge on any atom is 0.227 e. The molecule has 0 bridgehead atoms. The maximum atomic E-state index is 15.8. The van der Waals surface area contributed by atoms with Crippen LogP contribution in [0.3, 0.4) is 0 Å². The summed E-state index contributed by atoms with van der Waals surface area (Å²) in [6.45, 7) is 0. The summed E-state index contributed by atoms with van der Waals surface area (Å²) in [5.41, 5.74) is 3.58. The summed E-state index contributed by atoms with van der Waals surface area (Å²) in [5, 5.41) is 10.4. The van der Waals surface area contributed by atoms with Gasteiger partial charge in [0.2, 0.25) is 5.91 Å². The standard InChI is InChI=1S/C25H22FN7O/c26-21-20-19(32-33-23(20)24-30-17-8-4-5-9-18(17)31-24)13-28-22(21)15-10-16(12-27-11-15)29-25(34)14-6-2-1-3-7-14/h4-5,8-14H,1-3,6-7H2,(H,29,34)(H,30,31)(H,32,33). The van der Waals surface area contributed by atoms with Crippen LogP contribution in [-0.4, -0.2) is 36.0 Å². The molecule has 0 spiro atoms. The molecule has 8 nitrogen and oxygen atoms in total. The lowest BCUT2D eigenvalue weighted by molar-refractivity contribution is -0.120. The average Bonchev–Trinajstić information content (AvgIpc) is 3.49. The number of nitrogens with one attached hydrogen (secondary N) is 3. The molecular formula is C25H22FN7O. The molecule has 1 fully saturated rings. The van der Waals surface area contributed by atoms with Crippen molar-refractivity contribution >= 4 is 33.5 Å². The summed E-state index contributed by atoms with van der Waals surface area (Å²) in [6.07, 6.45) is 9.77. The van der Waals surface area contributed by atoms with E-state index in [0.717, 1.165) is 36.7 Å². The van der Waals surface area contributed by atoms with Crippen molar-refractivity contribution in [2.75, 3.05) is 5.32 Å². The number of halogens is 1. The summed E-state index contributed by atoms with van der Waals surface area (Å²) in [4.78, 5) is 28.9. The van der Waals surface area contributed by atoms with Gasteiger partial charge in [0.1, 0.15) is 11.4 Å². The number of aromatic amines is 2. The molecule has 9 heteroatoms. The molecule has 170 valence electrons. The Hall–Kier alpha value is -4.14. The number of imidazole rings is 1. The topological polar surface area (TPSA) is 112 Å². The molecule has 1 amide bonds. The van der Waals surface area contributed by atoms with Crippen LogP contribution in [0.2, 0.25) is 0 Å². The minimum atomic E-state index is -0.528. The summed E-state index contributed by atoms with van der Waals surface area (Å²) in [6, 6.07) is 9.29. The van der Waals surface area contributed by atoms with Crippen LogP contribution in [0.15, 0.2) is 48.9 Å². The lowest BCUT2D eigenvalue weighted by Gasteiger charge is -2.20. The quantitative estimate of drug-likeness (QED) is 0.344. The number of hydrogen-bond acceptors (Lipinski definition) is 5. The van der Waals surface area contributed by atoms with Crippen molar-refractivity contribution in [1.29, 1.82) is 0 Å². The Labute approximate surface area is 194 Å². The summed E-state index contributed by atoms with van der Waals surface area (Å²) in [5.74, 6) is -0.0557. The fourth-order valence-corrected chi connectivity index (χ4v) is 4.66. The molecule has 0 atom stereocenters. The molecule has 0 radical (unpaired) electrons. The van der Waals surface area contributed by atoms with E-state index in [2.05, 4.69) is 35.5 Å². The maximum absolute atomic E-state index is 15.8. The Morgan fingerprint density at radius 2 is 1.88 bits per heavy atom. The van der Waals surface area contributed by atoms with E-state index in [1.807, 2.05) is 24.3 Å². The molecule has 0 unspecified atom stereocenters. The van der Waals surface area contributed by atoms with Crippen LogP contribution in [0.5, 0.6) is 0 Å². The molecule has 5 aromatic rings. The van der Waals surface area contributed by atoms with Crippen molar-refractivity contribution in [3.05, 3.63) is 54.7 Å². The fraction of sp³-hybridized carbons (Fsp3) is 0.240. The van der Waals surface area contributed by atoms with Gasteiger partial charge in [-0.1, -0.05) is 31.4 Å². The number of anilines is 1. The Balaban J connectivity index is 1.36. The van der Waals surface area contributed by atoms with Crippen LogP contribution < -0.4 is 5.32 Å². The van der Waals surface area contributed by atoms with Crippen LogP contribution in [0.1, 0.15) is 32.1 Å². The predicted molar refractivity (Wildman–Crippen MR) is 127 cm³/mol. The summed E-state index contributed by atoms with van der Waals surface area (Å²) < 4.78 is 15.8. The van der Waals surface area contributed by atoms with E-state index in [1.165, 1.54) is 12.6 Å². The number of carbonyl (C=O) groups excluding carboxylic acids is 1. The predicted octanol–water partition coefficient (Wildman–Crippen LogP) is 5.22. The zero-order valence-corrected chi connectivity index (χ0v) is 18.3. The summed E-state index contributed by atoms with van der Waals surface area (Å²) >= 11 is 0. The van der Waals surface area contributed by atoms with Crippen LogP contribution in [0, 0.1) is 11.7 Å². The highest BCUT2D eigenvalue weighted by molar-refractivity contribution is 5.96. The highest BCUT2D eigenvalue weighted by Crippen LogP contribution is 2.33. The Bertz CT molecular complexity index is 1480. The van der Waals surface area contributed by atoms with Crippen molar-refractivity contribution in [2.24, 2.45) is 5.92 Å². The molecule has 4 heterocycles. The molecule has 34 heavy (non-hydrogen) atoms. The minimum Gasteiger partial charge on any atom is -0.337 e. The third kappa shape index (κ3) is 3.59. The van der Waals surface area contributed by atoms with Gasteiger partial charge in [-0.25, -0.2) is 9.37 Å². The molecule has 6 rings (SSSR count). The number of hydrogen-bond donors (Lipinski definition) is 3. The number of amides is 1. The third-order valence-electron chi connectivity index (χ3n) is 6.41. The van der Waals surface area contributed by atoms with Crippen molar-refractivity contribution in [1.82, 2.24) is 30.1 Å². The van der Waals surface area contributed by atoms with Gasteiger partial charge in [-0.05, 0) is 31.0 Å². The number of fused-ring (bicyclic) bond motifs is 2. The van der Waals surface area contributed by atoms with Crippen LogP contribution in [0.25, 0.3) is 44.7 Å². The number of rotatable bonds is 4. The van der Waals surface area contributed by atoms with Gasteiger partial charge in [-0.2, -0.15) is 5.10 Å². The smallest absolute Gasteiger partial charge is 0.227 e. The molecule has 4 aromatic heterocycles. The van der Waals surface area contributed by atoms with Gasteiger partial charge in [0.05, 0.1) is 40.0 Å². The number of aromatic nitrogens is 6. The summed E-state index contributed by atoms with van der Waals surface area (Å²) in [7, 11) is 0. The number of carbonyl (C=O) groups is 1. The van der Waals surface area contributed by atoms with E-state index in [9.17, 15) is 4.79 Å². The molecule has 1 aliphatic rings. The van der Waals surface area contributed by atoms with E-state index >= 15 is 4.39 Å². The second-order valence-corrected chi connectivity index (χ2v) is 8.67. The van der Waals surface area contributed by atoms with Gasteiger partial charge >= 0.3 is 0 Å². The SMILES string of the molecule is O=C(Nc1cncc(-c2ncc3[nH]nc(-c4nc5ccccc5[nH]4)c3c2F)c1)C1CCCCC1. The number of nitrogens with zero attached hydrogens (tertiary/aromatic N) is 4. The fourth-order valence-electron chi connectivity index (χ4n) is 4.66. The van der Waals surface area contributed by atoms with Gasteiger partial charge in [0.15, 0.2) is 11.6 Å². The lowest BCUT2D eigenvalue weighted by atomic mass is 9.88. The van der Waals surface area contributed by atoms with Crippen molar-refractivity contribution in [3.8, 4) is 22.8 Å². The highest BCUT2D eigenvalue weighted by atomic mass is 19.1. The monoisotopic (exact) mass is 455 g/mol. The first kappa shape index (κ1) is 20.5. The second-order valence-electron chi connectivity index (χ2n) is 8.67. The molecule has 0 saturated heterocycles. The molecule has 1 aromatic carbocycles.